The first-order chi connectivity index (χ1) is 12.4. The number of nitriles is 1. The number of hydrogen-bond acceptors (Lipinski definition) is 5. The highest BCUT2D eigenvalue weighted by Gasteiger charge is 2.13. The van der Waals surface area contributed by atoms with Crippen molar-refractivity contribution in [3.63, 3.8) is 0 Å². The topological polar surface area (TPSA) is 82.4 Å². The van der Waals surface area contributed by atoms with E-state index in [-0.39, 0.29) is 16.5 Å². The van der Waals surface area contributed by atoms with Gasteiger partial charge in [-0.1, -0.05) is 35.3 Å². The van der Waals surface area contributed by atoms with Crippen molar-refractivity contribution < 1.29 is 19.4 Å². The van der Waals surface area contributed by atoms with Crippen LogP contribution in [0.2, 0.25) is 10.0 Å². The van der Waals surface area contributed by atoms with Gasteiger partial charge in [0.15, 0.2) is 11.5 Å². The molecule has 0 amide bonds. The van der Waals surface area contributed by atoms with E-state index in [1.54, 1.807) is 49.4 Å². The molecule has 0 atom stereocenters. The minimum absolute atomic E-state index is 0.111. The van der Waals surface area contributed by atoms with Crippen LogP contribution in [-0.4, -0.2) is 19.2 Å². The number of carboxylic acids is 1. The van der Waals surface area contributed by atoms with Crippen molar-refractivity contribution in [1.29, 1.82) is 5.26 Å². The monoisotopic (exact) mass is 390 g/mol. The summed E-state index contributed by atoms with van der Waals surface area (Å²) in [5, 5.41) is 20.8. The average Bonchev–Trinajstić information content (AvgIpc) is 2.60. The van der Waals surface area contributed by atoms with Gasteiger partial charge in [-0.25, -0.2) is 0 Å². The van der Waals surface area contributed by atoms with Gasteiger partial charge in [-0.2, -0.15) is 5.26 Å². The summed E-state index contributed by atoms with van der Waals surface area (Å²) in [5.74, 6) is -0.984. The Morgan fingerprint density at radius 1 is 1.23 bits per heavy atom. The Kier molecular flexibility index (Phi) is 6.90. The van der Waals surface area contributed by atoms with E-state index in [0.29, 0.717) is 28.3 Å². The third-order valence-corrected chi connectivity index (χ3v) is 3.79. The summed E-state index contributed by atoms with van der Waals surface area (Å²) in [6, 6.07) is 12.2. The highest BCUT2D eigenvalue weighted by atomic mass is 35.5. The second-order valence-corrected chi connectivity index (χ2v) is 5.94. The normalized spacial score (nSPS) is 10.9. The summed E-state index contributed by atoms with van der Waals surface area (Å²) < 4.78 is 10.6. The fourth-order valence-corrected chi connectivity index (χ4v) is 2.58. The summed E-state index contributed by atoms with van der Waals surface area (Å²) >= 11 is 12.1. The molecule has 2 aromatic carbocycles. The zero-order valence-corrected chi connectivity index (χ0v) is 15.3. The first-order valence-corrected chi connectivity index (χ1v) is 8.37. The number of ether oxygens (including phenoxy) is 2. The van der Waals surface area contributed by atoms with Gasteiger partial charge in [0.25, 0.3) is 0 Å². The molecule has 0 bridgehead atoms. The second-order valence-electron chi connectivity index (χ2n) is 5.10. The van der Waals surface area contributed by atoms with Gasteiger partial charge in [-0.3, -0.25) is 0 Å². The van der Waals surface area contributed by atoms with Crippen LogP contribution in [-0.2, 0) is 4.79 Å². The third-order valence-electron chi connectivity index (χ3n) is 3.25. The van der Waals surface area contributed by atoms with Crippen LogP contribution in [0.1, 0.15) is 18.1 Å². The lowest BCUT2D eigenvalue weighted by Gasteiger charge is -2.15. The van der Waals surface area contributed by atoms with Crippen molar-refractivity contribution in [2.75, 3.05) is 13.2 Å². The van der Waals surface area contributed by atoms with Crippen molar-refractivity contribution in [3.8, 4) is 17.6 Å². The molecule has 26 heavy (non-hydrogen) atoms. The van der Waals surface area contributed by atoms with E-state index in [4.69, 9.17) is 32.7 Å². The fraction of sp³-hybridized carbons (Fsp3) is 0.158. The summed E-state index contributed by atoms with van der Waals surface area (Å²) in [5.41, 5.74) is 1.71. The SMILES string of the molecule is CCOc1cc(/C=C(/C#N)c2ccc(Cl)cc2)cc(Cl)c1OCC(=O)[O-]. The maximum atomic E-state index is 10.6. The fourth-order valence-electron chi connectivity index (χ4n) is 2.18. The predicted molar refractivity (Wildman–Crippen MR) is 98.1 cm³/mol. The lowest BCUT2D eigenvalue weighted by atomic mass is 10.0. The highest BCUT2D eigenvalue weighted by Crippen LogP contribution is 2.37. The zero-order chi connectivity index (χ0) is 19.1. The standard InChI is InChI=1S/C19H15Cl2NO4/c1-2-25-17-9-12(8-16(21)19(17)26-11-18(23)24)7-14(10-22)13-3-5-15(20)6-4-13/h3-9H,2,11H2,1H3,(H,23,24)/p-1/b14-7-. The highest BCUT2D eigenvalue weighted by molar-refractivity contribution is 6.32. The van der Waals surface area contributed by atoms with Gasteiger partial charge in [-0.05, 0) is 48.4 Å². The number of carbonyl (C=O) groups is 1. The maximum absolute atomic E-state index is 10.6. The Morgan fingerprint density at radius 3 is 2.50 bits per heavy atom. The maximum Gasteiger partial charge on any atom is 0.180 e. The minimum atomic E-state index is -1.37. The van der Waals surface area contributed by atoms with E-state index >= 15 is 0 Å². The lowest BCUT2D eigenvalue weighted by molar-refractivity contribution is -0.307. The Hall–Kier alpha value is -2.68. The molecular formula is C19H14Cl2NO4-. The van der Waals surface area contributed by atoms with Crippen LogP contribution in [0.3, 0.4) is 0 Å². The van der Waals surface area contributed by atoms with Gasteiger partial charge < -0.3 is 19.4 Å². The largest absolute Gasteiger partial charge is 0.546 e. The van der Waals surface area contributed by atoms with E-state index < -0.39 is 12.6 Å². The molecule has 0 aliphatic heterocycles. The Labute approximate surface area is 161 Å². The molecule has 0 unspecified atom stereocenters. The molecule has 5 nitrogen and oxygen atoms in total. The number of halogens is 2. The van der Waals surface area contributed by atoms with Crippen molar-refractivity contribution in [2.45, 2.75) is 6.92 Å². The van der Waals surface area contributed by atoms with Crippen molar-refractivity contribution in [2.24, 2.45) is 0 Å². The van der Waals surface area contributed by atoms with Crippen molar-refractivity contribution in [3.05, 3.63) is 57.6 Å². The molecule has 0 saturated heterocycles. The number of rotatable bonds is 7. The molecular weight excluding hydrogens is 377 g/mol. The molecule has 0 aromatic heterocycles. The van der Waals surface area contributed by atoms with E-state index in [1.807, 2.05) is 0 Å². The molecule has 0 saturated carbocycles. The Bertz CT molecular complexity index is 870. The quantitative estimate of drug-likeness (QED) is 0.532. The molecule has 7 heteroatoms. The number of hydrogen-bond donors (Lipinski definition) is 0. The molecule has 0 radical (unpaired) electrons. The van der Waals surface area contributed by atoms with Crippen LogP contribution in [0.25, 0.3) is 11.6 Å². The van der Waals surface area contributed by atoms with Crippen LogP contribution in [0.4, 0.5) is 0 Å². The van der Waals surface area contributed by atoms with Crippen LogP contribution < -0.4 is 14.6 Å². The molecule has 0 aliphatic carbocycles. The van der Waals surface area contributed by atoms with Crippen LogP contribution in [0.5, 0.6) is 11.5 Å². The molecule has 0 spiro atoms. The van der Waals surface area contributed by atoms with Crippen molar-refractivity contribution in [1.82, 2.24) is 0 Å². The molecule has 0 heterocycles. The van der Waals surface area contributed by atoms with Crippen molar-refractivity contribution >= 4 is 40.8 Å². The molecule has 2 aromatic rings. The van der Waals surface area contributed by atoms with Crippen LogP contribution in [0, 0.1) is 11.3 Å². The summed E-state index contributed by atoms with van der Waals surface area (Å²) in [7, 11) is 0. The zero-order valence-electron chi connectivity index (χ0n) is 13.8. The molecule has 0 aliphatic rings. The first kappa shape index (κ1) is 19.6. The third kappa shape index (κ3) is 5.16. The van der Waals surface area contributed by atoms with Gasteiger partial charge in [0, 0.05) is 5.02 Å². The summed E-state index contributed by atoms with van der Waals surface area (Å²) in [6.07, 6.45) is 1.64. The Balaban J connectivity index is 2.43. The van der Waals surface area contributed by atoms with Gasteiger partial charge in [-0.15, -0.1) is 0 Å². The Morgan fingerprint density at radius 2 is 1.92 bits per heavy atom. The van der Waals surface area contributed by atoms with Gasteiger partial charge in [0.05, 0.1) is 29.2 Å². The van der Waals surface area contributed by atoms with Gasteiger partial charge in [0.2, 0.25) is 0 Å². The van der Waals surface area contributed by atoms with Crippen LogP contribution >= 0.6 is 23.2 Å². The average molecular weight is 391 g/mol. The minimum Gasteiger partial charge on any atom is -0.546 e. The summed E-state index contributed by atoms with van der Waals surface area (Å²) in [4.78, 5) is 10.6. The van der Waals surface area contributed by atoms with E-state index in [1.165, 1.54) is 0 Å². The van der Waals surface area contributed by atoms with E-state index in [0.717, 1.165) is 0 Å². The van der Waals surface area contributed by atoms with E-state index in [9.17, 15) is 15.2 Å². The number of carbonyl (C=O) groups excluding carboxylic acids is 1. The lowest BCUT2D eigenvalue weighted by Crippen LogP contribution is -2.29. The van der Waals surface area contributed by atoms with Gasteiger partial charge in [0.1, 0.15) is 6.61 Å². The number of benzene rings is 2. The second kappa shape index (κ2) is 9.14. The smallest absolute Gasteiger partial charge is 0.180 e. The first-order valence-electron chi connectivity index (χ1n) is 7.61. The number of carboxylic acid groups (broad SMARTS) is 1. The van der Waals surface area contributed by atoms with Gasteiger partial charge >= 0.3 is 0 Å². The number of allylic oxidation sites excluding steroid dienone is 1. The molecule has 2 rings (SSSR count). The molecule has 0 fully saturated rings. The molecule has 0 N–H and O–H groups in total. The van der Waals surface area contributed by atoms with Crippen LogP contribution in [0.15, 0.2) is 36.4 Å². The van der Waals surface area contributed by atoms with E-state index in [2.05, 4.69) is 6.07 Å². The number of aliphatic carboxylic acids is 1. The molecule has 134 valence electrons. The summed E-state index contributed by atoms with van der Waals surface area (Å²) in [6.45, 7) is 1.45. The predicted octanol–water partition coefficient (Wildman–Crippen LogP) is 3.58. The number of nitrogens with zero attached hydrogens (tertiary/aromatic N) is 1.